The molecule has 1 aromatic carbocycles. The van der Waals surface area contributed by atoms with E-state index in [0.717, 1.165) is 30.8 Å². The molecule has 6 nitrogen and oxygen atoms in total. The second-order valence-electron chi connectivity index (χ2n) is 5.13. The van der Waals surface area contributed by atoms with Crippen molar-refractivity contribution in [3.63, 3.8) is 0 Å². The van der Waals surface area contributed by atoms with Crippen molar-refractivity contribution in [2.45, 2.75) is 25.5 Å². The minimum Gasteiger partial charge on any atom is -0.497 e. The van der Waals surface area contributed by atoms with Gasteiger partial charge in [0.2, 0.25) is 0 Å². The van der Waals surface area contributed by atoms with E-state index in [2.05, 4.69) is 21.5 Å². The zero-order chi connectivity index (χ0) is 16.5. The first kappa shape index (κ1) is 17.7. The molecular weight excluding hydrogens is 332 g/mol. The van der Waals surface area contributed by atoms with Gasteiger partial charge in [-0.3, -0.25) is 10.9 Å². The Kier molecular flexibility index (Phi) is 7.31. The summed E-state index contributed by atoms with van der Waals surface area (Å²) in [7, 11) is 1.65. The molecule has 0 aliphatic carbocycles. The van der Waals surface area contributed by atoms with Crippen molar-refractivity contribution in [2.75, 3.05) is 20.3 Å². The van der Waals surface area contributed by atoms with E-state index in [1.165, 1.54) is 0 Å². The van der Waals surface area contributed by atoms with Crippen LogP contribution in [0.1, 0.15) is 18.4 Å². The molecule has 0 amide bonds. The van der Waals surface area contributed by atoms with E-state index in [1.54, 1.807) is 7.11 Å². The minimum absolute atomic E-state index is 0.245. The smallest absolute Gasteiger partial charge is 0.185 e. The maximum atomic E-state index is 5.52. The van der Waals surface area contributed by atoms with Crippen molar-refractivity contribution < 1.29 is 9.47 Å². The summed E-state index contributed by atoms with van der Waals surface area (Å²) in [4.78, 5) is 0. The molecule has 0 spiro atoms. The number of hydrazine groups is 1. The van der Waals surface area contributed by atoms with Crippen LogP contribution in [0.5, 0.6) is 5.75 Å². The molecule has 1 aromatic rings. The van der Waals surface area contributed by atoms with Gasteiger partial charge in [0.15, 0.2) is 10.2 Å². The Hall–Kier alpha value is -1.64. The molecule has 1 aliphatic rings. The number of nitrogens with one attached hydrogen (secondary N) is 4. The molecule has 0 unspecified atom stereocenters. The van der Waals surface area contributed by atoms with Crippen LogP contribution in [0, 0.1) is 0 Å². The molecule has 4 N–H and O–H groups in total. The summed E-state index contributed by atoms with van der Waals surface area (Å²) in [5, 5.41) is 7.16. The van der Waals surface area contributed by atoms with Crippen molar-refractivity contribution in [2.24, 2.45) is 0 Å². The molecule has 0 saturated carbocycles. The van der Waals surface area contributed by atoms with Crippen LogP contribution in [0.3, 0.4) is 0 Å². The summed E-state index contributed by atoms with van der Waals surface area (Å²) in [6.07, 6.45) is 2.43. The van der Waals surface area contributed by atoms with Crippen molar-refractivity contribution >= 4 is 34.7 Å². The van der Waals surface area contributed by atoms with Crippen LogP contribution in [0.25, 0.3) is 0 Å². The molecule has 1 fully saturated rings. The molecule has 2 rings (SSSR count). The monoisotopic (exact) mass is 354 g/mol. The second-order valence-corrected chi connectivity index (χ2v) is 5.94. The van der Waals surface area contributed by atoms with Gasteiger partial charge < -0.3 is 20.1 Å². The van der Waals surface area contributed by atoms with Crippen molar-refractivity contribution in [1.82, 2.24) is 21.5 Å². The largest absolute Gasteiger partial charge is 0.497 e. The molecular formula is C15H22N4O2S2. The Balaban J connectivity index is 1.59. The predicted molar refractivity (Wildman–Crippen MR) is 98.3 cm³/mol. The van der Waals surface area contributed by atoms with Crippen molar-refractivity contribution in [3.8, 4) is 5.75 Å². The summed E-state index contributed by atoms with van der Waals surface area (Å²) >= 11 is 10.4. The molecule has 1 aliphatic heterocycles. The highest BCUT2D eigenvalue weighted by atomic mass is 32.1. The first-order chi connectivity index (χ1) is 11.2. The van der Waals surface area contributed by atoms with Crippen LogP contribution < -0.4 is 26.2 Å². The van der Waals surface area contributed by atoms with Crippen LogP contribution >= 0.6 is 24.4 Å². The Labute approximate surface area is 147 Å². The molecule has 8 heteroatoms. The highest BCUT2D eigenvalue weighted by Crippen LogP contribution is 2.11. The molecule has 1 saturated heterocycles. The van der Waals surface area contributed by atoms with E-state index in [4.69, 9.17) is 33.9 Å². The van der Waals surface area contributed by atoms with Gasteiger partial charge in [0.05, 0.1) is 13.2 Å². The van der Waals surface area contributed by atoms with Crippen molar-refractivity contribution in [1.29, 1.82) is 0 Å². The van der Waals surface area contributed by atoms with Crippen LogP contribution in [0.4, 0.5) is 0 Å². The van der Waals surface area contributed by atoms with Crippen LogP contribution in [0.15, 0.2) is 24.3 Å². The van der Waals surface area contributed by atoms with Gasteiger partial charge in [0.25, 0.3) is 0 Å². The number of benzene rings is 1. The highest BCUT2D eigenvalue weighted by Gasteiger charge is 2.15. The highest BCUT2D eigenvalue weighted by molar-refractivity contribution is 7.80. The van der Waals surface area contributed by atoms with E-state index in [-0.39, 0.29) is 6.10 Å². The van der Waals surface area contributed by atoms with Crippen LogP contribution in [-0.2, 0) is 11.3 Å². The molecule has 23 heavy (non-hydrogen) atoms. The summed E-state index contributed by atoms with van der Waals surface area (Å²) in [6.45, 7) is 2.16. The van der Waals surface area contributed by atoms with Crippen LogP contribution in [0.2, 0.25) is 0 Å². The normalized spacial score (nSPS) is 16.5. The standard InChI is InChI=1S/C15H22N4O2S2/c1-20-12-6-4-11(5-7-12)9-16-14(22)18-19-15(23)17-10-13-3-2-8-21-13/h4-7,13H,2-3,8-10H2,1H3,(H2,16,18,22)(H2,17,19,23)/t13-/m1/s1. The maximum Gasteiger partial charge on any atom is 0.185 e. The quantitative estimate of drug-likeness (QED) is 0.465. The van der Waals surface area contributed by atoms with E-state index in [0.29, 0.717) is 23.3 Å². The molecule has 0 aromatic heterocycles. The number of hydrogen-bond donors (Lipinski definition) is 4. The third-order valence-electron chi connectivity index (χ3n) is 3.42. The van der Waals surface area contributed by atoms with Crippen LogP contribution in [-0.4, -0.2) is 36.6 Å². The average molecular weight is 355 g/mol. The maximum absolute atomic E-state index is 5.52. The number of hydrogen-bond acceptors (Lipinski definition) is 4. The predicted octanol–water partition coefficient (Wildman–Crippen LogP) is 1.22. The number of thiocarbonyl (C=S) groups is 2. The Bertz CT molecular complexity index is 519. The summed E-state index contributed by atoms with van der Waals surface area (Å²) in [6, 6.07) is 7.79. The van der Waals surface area contributed by atoms with Gasteiger partial charge in [-0.1, -0.05) is 12.1 Å². The van der Waals surface area contributed by atoms with E-state index in [1.807, 2.05) is 24.3 Å². The zero-order valence-electron chi connectivity index (χ0n) is 13.1. The third-order valence-corrected chi connectivity index (χ3v) is 3.91. The molecule has 126 valence electrons. The van der Waals surface area contributed by atoms with E-state index < -0.39 is 0 Å². The lowest BCUT2D eigenvalue weighted by Gasteiger charge is -2.16. The third kappa shape index (κ3) is 6.55. The summed E-state index contributed by atoms with van der Waals surface area (Å²) < 4.78 is 10.6. The van der Waals surface area contributed by atoms with E-state index in [9.17, 15) is 0 Å². The fourth-order valence-corrected chi connectivity index (χ4v) is 2.40. The van der Waals surface area contributed by atoms with Gasteiger partial charge in [0, 0.05) is 19.7 Å². The van der Waals surface area contributed by atoms with E-state index >= 15 is 0 Å². The van der Waals surface area contributed by atoms with Gasteiger partial charge in [-0.2, -0.15) is 0 Å². The fraction of sp³-hybridized carbons (Fsp3) is 0.467. The Morgan fingerprint density at radius 3 is 2.48 bits per heavy atom. The Morgan fingerprint density at radius 2 is 1.87 bits per heavy atom. The number of ether oxygens (including phenoxy) is 2. The number of methoxy groups -OCH3 is 1. The topological polar surface area (TPSA) is 66.6 Å². The van der Waals surface area contributed by atoms with Gasteiger partial charge in [0.1, 0.15) is 5.75 Å². The lowest BCUT2D eigenvalue weighted by molar-refractivity contribution is 0.114. The Morgan fingerprint density at radius 1 is 1.17 bits per heavy atom. The SMILES string of the molecule is COc1ccc(CNC(=S)NNC(=S)NC[C@H]2CCCO2)cc1. The van der Waals surface area contributed by atoms with Gasteiger partial charge in [-0.15, -0.1) is 0 Å². The first-order valence-corrected chi connectivity index (χ1v) is 8.31. The molecule has 1 heterocycles. The molecule has 0 radical (unpaired) electrons. The molecule has 0 bridgehead atoms. The van der Waals surface area contributed by atoms with Crippen molar-refractivity contribution in [3.05, 3.63) is 29.8 Å². The van der Waals surface area contributed by atoms with Gasteiger partial charge in [-0.25, -0.2) is 0 Å². The fourth-order valence-electron chi connectivity index (χ4n) is 2.14. The average Bonchev–Trinajstić information content (AvgIpc) is 3.10. The minimum atomic E-state index is 0.245. The van der Waals surface area contributed by atoms with Gasteiger partial charge >= 0.3 is 0 Å². The zero-order valence-corrected chi connectivity index (χ0v) is 14.7. The lowest BCUT2D eigenvalue weighted by Crippen LogP contribution is -2.51. The first-order valence-electron chi connectivity index (χ1n) is 7.49. The summed E-state index contributed by atoms with van der Waals surface area (Å²) in [5.41, 5.74) is 6.81. The summed E-state index contributed by atoms with van der Waals surface area (Å²) in [5.74, 6) is 0.832. The second kappa shape index (κ2) is 9.49. The molecule has 1 atom stereocenters. The van der Waals surface area contributed by atoms with Gasteiger partial charge in [-0.05, 0) is 55.0 Å². The number of rotatable bonds is 5. The lowest BCUT2D eigenvalue weighted by atomic mass is 10.2.